The van der Waals surface area contributed by atoms with Gasteiger partial charge in [0.05, 0.1) is 25.4 Å². The third-order valence-corrected chi connectivity index (χ3v) is 7.71. The number of halogens is 4. The van der Waals surface area contributed by atoms with Crippen molar-refractivity contribution in [3.05, 3.63) is 86.3 Å². The molecule has 2 aliphatic carbocycles. The Morgan fingerprint density at radius 1 is 0.952 bits per heavy atom. The number of pyridine rings is 1. The maximum atomic E-state index is 13.4. The molecule has 0 saturated heterocycles. The number of carbonyl (C=O) groups is 1. The number of benzene rings is 2. The topological polar surface area (TPSA) is 101 Å². The molecule has 1 N–H and O–H groups in total. The Morgan fingerprint density at radius 3 is 2.17 bits per heavy atom. The average molecular weight is 624 g/mol. The van der Waals surface area contributed by atoms with E-state index in [0.717, 1.165) is 38.1 Å². The molecule has 2 aromatic carbocycles. The van der Waals surface area contributed by atoms with Crippen molar-refractivity contribution in [3.63, 3.8) is 0 Å². The van der Waals surface area contributed by atoms with E-state index >= 15 is 0 Å². The zero-order chi connectivity index (χ0) is 29.8. The Morgan fingerprint density at radius 2 is 1.57 bits per heavy atom. The van der Waals surface area contributed by atoms with Crippen molar-refractivity contribution in [2.75, 3.05) is 13.2 Å². The highest BCUT2D eigenvalue weighted by Crippen LogP contribution is 2.38. The quantitative estimate of drug-likeness (QED) is 0.125. The fourth-order valence-corrected chi connectivity index (χ4v) is 4.92. The van der Waals surface area contributed by atoms with Crippen LogP contribution in [0.1, 0.15) is 58.8 Å². The smallest absolute Gasteiger partial charge is 0.387 e. The van der Waals surface area contributed by atoms with E-state index in [1.807, 2.05) is 0 Å². The van der Waals surface area contributed by atoms with Crippen molar-refractivity contribution in [3.8, 4) is 17.2 Å². The van der Waals surface area contributed by atoms with Crippen molar-refractivity contribution in [2.45, 2.75) is 51.4 Å². The molecule has 0 aliphatic heterocycles. The fourth-order valence-electron chi connectivity index (χ4n) is 4.32. The number of aliphatic hydroxyl groups excluding tert-OH is 1. The molecule has 0 radical (unpaired) electrons. The lowest BCUT2D eigenvalue weighted by Crippen LogP contribution is -2.25. The second-order valence-corrected chi connectivity index (χ2v) is 11.3. The molecule has 2 saturated carbocycles. The number of ether oxygens (including phenoxy) is 4. The number of esters is 1. The molecule has 1 aromatic heterocycles. The molecule has 2 aliphatic rings. The highest BCUT2D eigenvalue weighted by Gasteiger charge is 2.27. The minimum atomic E-state index is -3.06. The Hall–Kier alpha value is -3.34. The van der Waals surface area contributed by atoms with Crippen LogP contribution in [0.25, 0.3) is 0 Å². The second-order valence-electron chi connectivity index (χ2n) is 10.5. The van der Waals surface area contributed by atoms with Gasteiger partial charge < -0.3 is 29.3 Å². The van der Waals surface area contributed by atoms with Crippen LogP contribution in [0.3, 0.4) is 0 Å². The molecule has 0 bridgehead atoms. The Bertz CT molecular complexity index is 1410. The summed E-state index contributed by atoms with van der Waals surface area (Å²) < 4.78 is 48.8. The van der Waals surface area contributed by atoms with E-state index in [1.54, 1.807) is 6.07 Å². The van der Waals surface area contributed by atoms with E-state index in [9.17, 15) is 23.9 Å². The van der Waals surface area contributed by atoms with Crippen molar-refractivity contribution in [2.24, 2.45) is 11.8 Å². The van der Waals surface area contributed by atoms with Gasteiger partial charge in [-0.15, -0.1) is 0 Å². The van der Waals surface area contributed by atoms with Gasteiger partial charge in [-0.2, -0.15) is 13.5 Å². The van der Waals surface area contributed by atoms with Crippen molar-refractivity contribution < 1.29 is 42.4 Å². The summed E-state index contributed by atoms with van der Waals surface area (Å²) in [6.07, 6.45) is 5.35. The van der Waals surface area contributed by atoms with E-state index in [0.29, 0.717) is 52.2 Å². The Kier molecular flexibility index (Phi) is 9.55. The average Bonchev–Trinajstić information content (AvgIpc) is 3.88. The molecule has 2 fully saturated rings. The van der Waals surface area contributed by atoms with Gasteiger partial charge >= 0.3 is 12.6 Å². The molecular formula is C30H29Cl2F2NO7. The van der Waals surface area contributed by atoms with Crippen LogP contribution in [0, 0.1) is 17.0 Å². The maximum absolute atomic E-state index is 13.4. The van der Waals surface area contributed by atoms with Gasteiger partial charge in [0, 0.05) is 17.5 Å². The van der Waals surface area contributed by atoms with Gasteiger partial charge in [0.1, 0.15) is 21.9 Å². The summed E-state index contributed by atoms with van der Waals surface area (Å²) in [5.41, 5.74) is 1.33. The largest absolute Gasteiger partial charge is 0.619 e. The van der Waals surface area contributed by atoms with Gasteiger partial charge in [0.15, 0.2) is 23.9 Å². The fraction of sp³-hybridized carbons (Fsp3) is 0.400. The lowest BCUT2D eigenvalue weighted by atomic mass is 10.0. The zero-order valence-corrected chi connectivity index (χ0v) is 24.0. The second kappa shape index (κ2) is 13.3. The van der Waals surface area contributed by atoms with Crippen LogP contribution in [0.4, 0.5) is 8.78 Å². The third-order valence-electron chi connectivity index (χ3n) is 7.06. The summed E-state index contributed by atoms with van der Waals surface area (Å²) in [7, 11) is 0. The number of hydrogen-bond donors (Lipinski definition) is 1. The molecule has 224 valence electrons. The SMILES string of the molecule is O=C(O[C@@H](Cc1c(Cl)c[n+]([O-])cc1Cl)c1ccc(OC(F)F)c(OCC2CC2)c1)c1ccc(OCC2CC2)c(CO)c1. The van der Waals surface area contributed by atoms with E-state index < -0.39 is 18.7 Å². The van der Waals surface area contributed by atoms with Crippen LogP contribution in [-0.4, -0.2) is 30.9 Å². The first-order chi connectivity index (χ1) is 20.2. The minimum Gasteiger partial charge on any atom is -0.619 e. The molecule has 1 atom stereocenters. The van der Waals surface area contributed by atoms with Crippen molar-refractivity contribution >= 4 is 29.2 Å². The number of aliphatic hydroxyl groups is 1. The van der Waals surface area contributed by atoms with Crippen LogP contribution in [0.2, 0.25) is 10.0 Å². The highest BCUT2D eigenvalue weighted by atomic mass is 35.5. The summed E-state index contributed by atoms with van der Waals surface area (Å²) in [6.45, 7) is -2.54. The molecule has 0 spiro atoms. The number of aromatic nitrogens is 1. The van der Waals surface area contributed by atoms with Crippen LogP contribution in [-0.2, 0) is 17.8 Å². The molecule has 5 rings (SSSR count). The summed E-state index contributed by atoms with van der Waals surface area (Å²) in [6, 6.07) is 8.91. The minimum absolute atomic E-state index is 0.0448. The standard InChI is InChI=1S/C30H29Cl2F2NO7/c31-23-12-35(38)13-24(32)22(23)11-27(19-5-8-26(42-30(33)34)28(10-19)40-16-18-3-4-18)41-29(37)20-6-7-25(21(9-20)14-36)39-15-17-1-2-17/h5-10,12-13,17-18,27,30,36H,1-4,11,14-16H2/t27-/m0/s1. The Labute approximate surface area is 251 Å². The van der Waals surface area contributed by atoms with Crippen LogP contribution < -0.4 is 18.9 Å². The highest BCUT2D eigenvalue weighted by molar-refractivity contribution is 6.35. The normalized spacial score (nSPS) is 15.4. The first kappa shape index (κ1) is 30.1. The summed E-state index contributed by atoms with van der Waals surface area (Å²) in [4.78, 5) is 13.4. The molecule has 3 aromatic rings. The lowest BCUT2D eigenvalue weighted by Gasteiger charge is -2.22. The van der Waals surface area contributed by atoms with Crippen LogP contribution in [0.5, 0.6) is 17.2 Å². The molecule has 1 heterocycles. The number of nitrogens with zero attached hydrogens (tertiary/aromatic N) is 1. The predicted octanol–water partition coefficient (Wildman–Crippen LogP) is 6.44. The van der Waals surface area contributed by atoms with Gasteiger partial charge in [0.25, 0.3) is 0 Å². The number of rotatable bonds is 14. The van der Waals surface area contributed by atoms with E-state index in [-0.39, 0.29) is 40.1 Å². The van der Waals surface area contributed by atoms with E-state index in [1.165, 1.54) is 30.3 Å². The van der Waals surface area contributed by atoms with E-state index in [4.69, 9.17) is 37.4 Å². The number of alkyl halides is 2. The monoisotopic (exact) mass is 623 g/mol. The first-order valence-corrected chi connectivity index (χ1v) is 14.3. The molecule has 42 heavy (non-hydrogen) atoms. The van der Waals surface area contributed by atoms with Crippen molar-refractivity contribution in [1.82, 2.24) is 0 Å². The summed E-state index contributed by atoms with van der Waals surface area (Å²) in [5.74, 6) is 0.516. The molecule has 0 amide bonds. The summed E-state index contributed by atoms with van der Waals surface area (Å²) in [5, 5.41) is 21.8. The van der Waals surface area contributed by atoms with Crippen LogP contribution in [0.15, 0.2) is 48.8 Å². The Balaban J connectivity index is 1.44. The lowest BCUT2D eigenvalue weighted by molar-refractivity contribution is -0.605. The third kappa shape index (κ3) is 7.93. The summed E-state index contributed by atoms with van der Waals surface area (Å²) >= 11 is 12.6. The predicted molar refractivity (Wildman–Crippen MR) is 149 cm³/mol. The maximum Gasteiger partial charge on any atom is 0.387 e. The van der Waals surface area contributed by atoms with Gasteiger partial charge in [-0.3, -0.25) is 0 Å². The van der Waals surface area contributed by atoms with Crippen LogP contribution >= 0.6 is 23.2 Å². The van der Waals surface area contributed by atoms with Gasteiger partial charge in [-0.1, -0.05) is 29.3 Å². The first-order valence-electron chi connectivity index (χ1n) is 13.6. The van der Waals surface area contributed by atoms with E-state index in [2.05, 4.69) is 4.74 Å². The number of hydrogen-bond acceptors (Lipinski definition) is 7. The molecule has 0 unspecified atom stereocenters. The van der Waals surface area contributed by atoms with Crippen molar-refractivity contribution in [1.29, 1.82) is 0 Å². The van der Waals surface area contributed by atoms with Gasteiger partial charge in [0.2, 0.25) is 0 Å². The zero-order valence-electron chi connectivity index (χ0n) is 22.4. The molecule has 12 heteroatoms. The van der Waals surface area contributed by atoms with Gasteiger partial charge in [-0.05, 0) is 73.4 Å². The number of carbonyl (C=O) groups excluding carboxylic acids is 1. The molecule has 8 nitrogen and oxygen atoms in total. The molecular weight excluding hydrogens is 595 g/mol. The van der Waals surface area contributed by atoms with Gasteiger partial charge in [-0.25, -0.2) is 4.79 Å².